The van der Waals surface area contributed by atoms with Gasteiger partial charge in [0.25, 0.3) is 11.8 Å². The highest BCUT2D eigenvalue weighted by Gasteiger charge is 2.38. The van der Waals surface area contributed by atoms with Crippen molar-refractivity contribution in [3.63, 3.8) is 0 Å². The van der Waals surface area contributed by atoms with Crippen LogP contribution in [-0.4, -0.2) is 47.3 Å². The lowest BCUT2D eigenvalue weighted by Gasteiger charge is -2.37. The van der Waals surface area contributed by atoms with Crippen molar-refractivity contribution < 1.29 is 18.8 Å². The number of benzene rings is 1. The Morgan fingerprint density at radius 3 is 2.87 bits per heavy atom. The van der Waals surface area contributed by atoms with Gasteiger partial charge in [0.2, 0.25) is 0 Å². The molecule has 1 aromatic heterocycles. The van der Waals surface area contributed by atoms with E-state index in [1.165, 1.54) is 0 Å². The number of hydrogen-bond acceptors (Lipinski definition) is 6. The molecule has 1 aliphatic rings. The summed E-state index contributed by atoms with van der Waals surface area (Å²) in [6, 6.07) is 6.74. The molecule has 7 nitrogen and oxygen atoms in total. The maximum Gasteiger partial charge on any atom is 0.258 e. The molecule has 3 rings (SSSR count). The van der Waals surface area contributed by atoms with Gasteiger partial charge in [-0.1, -0.05) is 17.3 Å². The number of aromatic nitrogens is 2. The maximum atomic E-state index is 13.0. The molecule has 0 radical (unpaired) electrons. The van der Waals surface area contributed by atoms with Crippen molar-refractivity contribution in [2.45, 2.75) is 26.0 Å². The van der Waals surface area contributed by atoms with Crippen LogP contribution in [0.3, 0.4) is 0 Å². The molecule has 7 heteroatoms. The highest BCUT2D eigenvalue weighted by Crippen LogP contribution is 2.31. The number of carbonyl (C=O) groups is 1. The van der Waals surface area contributed by atoms with Gasteiger partial charge in [-0.25, -0.2) is 0 Å². The van der Waals surface area contributed by atoms with Crippen LogP contribution in [0.5, 0.6) is 5.75 Å². The van der Waals surface area contributed by atoms with Gasteiger partial charge in [0, 0.05) is 6.54 Å². The highest BCUT2D eigenvalue weighted by atomic mass is 16.5. The number of carbonyl (C=O) groups excluding carboxylic acids is 1. The number of amides is 1. The molecule has 0 bridgehead atoms. The first-order valence-electron chi connectivity index (χ1n) is 7.47. The number of para-hydroxylation sites is 1. The van der Waals surface area contributed by atoms with Gasteiger partial charge in [-0.05, 0) is 26.0 Å². The van der Waals surface area contributed by atoms with E-state index in [0.29, 0.717) is 36.2 Å². The molecule has 1 saturated heterocycles. The van der Waals surface area contributed by atoms with Crippen molar-refractivity contribution in [3.05, 3.63) is 41.5 Å². The zero-order valence-corrected chi connectivity index (χ0v) is 13.4. The lowest BCUT2D eigenvalue weighted by molar-refractivity contribution is -0.0601. The standard InChI is InChI=1S/C16H19N3O4/c1-10-14(15-17-11(2)18-23-15)19(8-9-22-10)16(20)12-6-4-5-7-13(12)21-3/h4-7,10,14H,8-9H2,1-3H3/t10-,14+/m1/s1. The molecular formula is C16H19N3O4. The van der Waals surface area contributed by atoms with Gasteiger partial charge in [0.1, 0.15) is 11.8 Å². The first-order valence-corrected chi connectivity index (χ1v) is 7.47. The molecule has 1 fully saturated rings. The van der Waals surface area contributed by atoms with Crippen molar-refractivity contribution >= 4 is 5.91 Å². The third-order valence-electron chi connectivity index (χ3n) is 3.89. The van der Waals surface area contributed by atoms with E-state index in [-0.39, 0.29) is 12.0 Å². The molecule has 0 unspecified atom stereocenters. The molecule has 2 heterocycles. The lowest BCUT2D eigenvalue weighted by atomic mass is 10.1. The number of methoxy groups -OCH3 is 1. The molecule has 1 aromatic carbocycles. The summed E-state index contributed by atoms with van der Waals surface area (Å²) in [5.74, 6) is 1.32. The molecule has 2 aromatic rings. The second-order valence-corrected chi connectivity index (χ2v) is 5.40. The van der Waals surface area contributed by atoms with Crippen LogP contribution < -0.4 is 4.74 Å². The van der Waals surface area contributed by atoms with E-state index >= 15 is 0 Å². The fourth-order valence-corrected chi connectivity index (χ4v) is 2.79. The normalized spacial score (nSPS) is 21.3. The van der Waals surface area contributed by atoms with Gasteiger partial charge in [0.15, 0.2) is 5.82 Å². The Bertz CT molecular complexity index is 700. The second-order valence-electron chi connectivity index (χ2n) is 5.40. The Labute approximate surface area is 134 Å². The summed E-state index contributed by atoms with van der Waals surface area (Å²) in [5.41, 5.74) is 0.505. The summed E-state index contributed by atoms with van der Waals surface area (Å²) in [5, 5.41) is 3.82. The Morgan fingerprint density at radius 1 is 1.39 bits per heavy atom. The molecule has 2 atom stereocenters. The van der Waals surface area contributed by atoms with Crippen LogP contribution in [0.4, 0.5) is 0 Å². The average molecular weight is 317 g/mol. The predicted molar refractivity (Wildman–Crippen MR) is 81.2 cm³/mol. The van der Waals surface area contributed by atoms with E-state index in [4.69, 9.17) is 14.0 Å². The van der Waals surface area contributed by atoms with Crippen LogP contribution in [0.25, 0.3) is 0 Å². The number of morpholine rings is 1. The third kappa shape index (κ3) is 2.92. The van der Waals surface area contributed by atoms with Crippen molar-refractivity contribution in [1.82, 2.24) is 15.0 Å². The largest absolute Gasteiger partial charge is 0.496 e. The first-order chi connectivity index (χ1) is 11.1. The summed E-state index contributed by atoms with van der Waals surface area (Å²) in [6.07, 6.45) is -0.234. The molecule has 0 spiro atoms. The van der Waals surface area contributed by atoms with Crippen LogP contribution in [-0.2, 0) is 4.74 Å². The Morgan fingerprint density at radius 2 is 2.17 bits per heavy atom. The van der Waals surface area contributed by atoms with Crippen molar-refractivity contribution in [2.75, 3.05) is 20.3 Å². The fraction of sp³-hybridized carbons (Fsp3) is 0.438. The molecule has 0 aliphatic carbocycles. The van der Waals surface area contributed by atoms with E-state index in [0.717, 1.165) is 0 Å². The van der Waals surface area contributed by atoms with E-state index in [1.807, 2.05) is 19.1 Å². The highest BCUT2D eigenvalue weighted by molar-refractivity contribution is 5.97. The SMILES string of the molecule is COc1ccccc1C(=O)N1CCO[C@H](C)[C@H]1c1nc(C)no1. The lowest BCUT2D eigenvalue weighted by Crippen LogP contribution is -2.47. The molecule has 1 aliphatic heterocycles. The third-order valence-corrected chi connectivity index (χ3v) is 3.89. The smallest absolute Gasteiger partial charge is 0.258 e. The van der Waals surface area contributed by atoms with Crippen LogP contribution in [0.15, 0.2) is 28.8 Å². The van der Waals surface area contributed by atoms with Crippen LogP contribution in [0.1, 0.15) is 35.0 Å². The molecule has 0 saturated carbocycles. The number of nitrogens with zero attached hydrogens (tertiary/aromatic N) is 3. The van der Waals surface area contributed by atoms with E-state index in [9.17, 15) is 4.79 Å². The van der Waals surface area contributed by atoms with Gasteiger partial charge in [-0.2, -0.15) is 4.98 Å². The van der Waals surface area contributed by atoms with Gasteiger partial charge in [-0.15, -0.1) is 0 Å². The van der Waals surface area contributed by atoms with E-state index in [2.05, 4.69) is 10.1 Å². The maximum absolute atomic E-state index is 13.0. The number of hydrogen-bond donors (Lipinski definition) is 0. The number of rotatable bonds is 3. The predicted octanol–water partition coefficient (Wildman–Crippen LogP) is 1.99. The van der Waals surface area contributed by atoms with Crippen LogP contribution in [0, 0.1) is 6.92 Å². The summed E-state index contributed by atoms with van der Waals surface area (Å²) < 4.78 is 16.3. The molecule has 23 heavy (non-hydrogen) atoms. The summed E-state index contributed by atoms with van der Waals surface area (Å²) in [7, 11) is 1.55. The number of ether oxygens (including phenoxy) is 2. The quantitative estimate of drug-likeness (QED) is 0.861. The molecular weight excluding hydrogens is 298 g/mol. The van der Waals surface area contributed by atoms with Gasteiger partial charge >= 0.3 is 0 Å². The first kappa shape index (κ1) is 15.5. The van der Waals surface area contributed by atoms with Crippen LogP contribution >= 0.6 is 0 Å². The van der Waals surface area contributed by atoms with E-state index in [1.54, 1.807) is 31.1 Å². The Balaban J connectivity index is 1.96. The molecule has 0 N–H and O–H groups in total. The molecule has 122 valence electrons. The fourth-order valence-electron chi connectivity index (χ4n) is 2.79. The topological polar surface area (TPSA) is 77.7 Å². The Kier molecular flexibility index (Phi) is 4.29. The van der Waals surface area contributed by atoms with Crippen LogP contribution in [0.2, 0.25) is 0 Å². The van der Waals surface area contributed by atoms with E-state index < -0.39 is 6.04 Å². The zero-order chi connectivity index (χ0) is 16.4. The second kappa shape index (κ2) is 6.37. The minimum Gasteiger partial charge on any atom is -0.496 e. The van der Waals surface area contributed by atoms with Gasteiger partial charge in [-0.3, -0.25) is 4.79 Å². The summed E-state index contributed by atoms with van der Waals surface area (Å²) in [6.45, 7) is 4.55. The molecule has 1 amide bonds. The van der Waals surface area contributed by atoms with Crippen molar-refractivity contribution in [3.8, 4) is 5.75 Å². The average Bonchev–Trinajstić information content (AvgIpc) is 2.99. The monoisotopic (exact) mass is 317 g/mol. The van der Waals surface area contributed by atoms with Crippen molar-refractivity contribution in [1.29, 1.82) is 0 Å². The minimum atomic E-state index is -0.414. The van der Waals surface area contributed by atoms with Crippen molar-refractivity contribution in [2.24, 2.45) is 0 Å². The number of aryl methyl sites for hydroxylation is 1. The zero-order valence-electron chi connectivity index (χ0n) is 13.4. The minimum absolute atomic E-state index is 0.140. The summed E-state index contributed by atoms with van der Waals surface area (Å²) in [4.78, 5) is 19.0. The van der Waals surface area contributed by atoms with Gasteiger partial charge in [0.05, 0.1) is 25.4 Å². The summed E-state index contributed by atoms with van der Waals surface area (Å²) >= 11 is 0. The van der Waals surface area contributed by atoms with Gasteiger partial charge < -0.3 is 18.9 Å². The Hall–Kier alpha value is -2.41.